The lowest BCUT2D eigenvalue weighted by Crippen LogP contribution is -2.40. The minimum absolute atomic E-state index is 0.00486. The highest BCUT2D eigenvalue weighted by atomic mass is 16.5. The standard InChI is InChI=1S/C12H12N2O6/c1-20-9-6-7(2-3-8(9)15)12(19)14-13-10(16)4-5-11(17)18/h2-6,15H,1H3,(H,13,16)(H,14,19)(H,17,18)/p-1. The maximum absolute atomic E-state index is 11.6. The van der Waals surface area contributed by atoms with Gasteiger partial charge in [-0.1, -0.05) is 11.8 Å². The molecule has 0 spiro atoms. The predicted molar refractivity (Wildman–Crippen MR) is 64.8 cm³/mol. The first-order valence-electron chi connectivity index (χ1n) is 5.30. The highest BCUT2D eigenvalue weighted by Crippen LogP contribution is 2.23. The number of hydrogen-bond donors (Lipinski definition) is 3. The smallest absolute Gasteiger partial charge is 0.328 e. The van der Waals surface area contributed by atoms with Crippen molar-refractivity contribution in [1.82, 2.24) is 10.9 Å². The van der Waals surface area contributed by atoms with E-state index in [1.165, 1.54) is 19.2 Å². The van der Waals surface area contributed by atoms with E-state index in [0.717, 1.165) is 12.1 Å². The number of rotatable bonds is 4. The fraction of sp³-hybridized carbons (Fsp3) is 0.0833. The van der Waals surface area contributed by atoms with E-state index >= 15 is 0 Å². The largest absolute Gasteiger partial charge is 0.870 e. The summed E-state index contributed by atoms with van der Waals surface area (Å²) in [6.45, 7) is 0. The van der Waals surface area contributed by atoms with Crippen LogP contribution in [0.4, 0.5) is 0 Å². The van der Waals surface area contributed by atoms with Crippen molar-refractivity contribution in [2.24, 2.45) is 0 Å². The van der Waals surface area contributed by atoms with Crippen molar-refractivity contribution in [3.8, 4) is 11.5 Å². The Labute approximate surface area is 113 Å². The molecule has 0 radical (unpaired) electrons. The van der Waals surface area contributed by atoms with Gasteiger partial charge in [0.15, 0.2) is 0 Å². The van der Waals surface area contributed by atoms with Crippen molar-refractivity contribution >= 4 is 17.8 Å². The molecule has 106 valence electrons. The summed E-state index contributed by atoms with van der Waals surface area (Å²) in [5.74, 6) is -3.16. The Morgan fingerprint density at radius 1 is 1.25 bits per heavy atom. The molecule has 3 N–H and O–H groups in total. The summed E-state index contributed by atoms with van der Waals surface area (Å²) in [6, 6.07) is 3.64. The number of benzene rings is 1. The van der Waals surface area contributed by atoms with Crippen LogP contribution in [0.15, 0.2) is 30.4 Å². The van der Waals surface area contributed by atoms with E-state index in [-0.39, 0.29) is 17.1 Å². The number of hydrogen-bond acceptors (Lipinski definition) is 5. The third kappa shape index (κ3) is 4.33. The lowest BCUT2D eigenvalue weighted by molar-refractivity contribution is -0.270. The zero-order chi connectivity index (χ0) is 15.1. The molecule has 0 aromatic heterocycles. The molecule has 8 nitrogen and oxygen atoms in total. The summed E-state index contributed by atoms with van der Waals surface area (Å²) < 4.78 is 4.77. The van der Waals surface area contributed by atoms with E-state index < -0.39 is 17.8 Å². The highest BCUT2D eigenvalue weighted by molar-refractivity contribution is 5.98. The lowest BCUT2D eigenvalue weighted by Gasteiger charge is -2.13. The van der Waals surface area contributed by atoms with E-state index in [1.54, 1.807) is 0 Å². The summed E-state index contributed by atoms with van der Waals surface area (Å²) in [5.41, 5.74) is 4.13. The quantitative estimate of drug-likeness (QED) is 0.487. The van der Waals surface area contributed by atoms with Crippen LogP contribution in [0.2, 0.25) is 0 Å². The maximum atomic E-state index is 11.6. The molecule has 0 bridgehead atoms. The number of carbonyl (C=O) groups is 3. The fourth-order valence-electron chi connectivity index (χ4n) is 1.19. The first-order chi connectivity index (χ1) is 9.43. The Morgan fingerprint density at radius 3 is 2.55 bits per heavy atom. The monoisotopic (exact) mass is 279 g/mol. The van der Waals surface area contributed by atoms with Crippen molar-refractivity contribution in [2.75, 3.05) is 7.11 Å². The second kappa shape index (κ2) is 6.78. The Kier molecular flexibility index (Phi) is 5.10. The van der Waals surface area contributed by atoms with Crippen LogP contribution < -0.4 is 20.7 Å². The van der Waals surface area contributed by atoms with Crippen LogP contribution in [0.25, 0.3) is 0 Å². The maximum Gasteiger partial charge on any atom is 0.328 e. The summed E-state index contributed by atoms with van der Waals surface area (Å²) in [5, 5.41) is 19.6. The minimum atomic E-state index is -1.29. The van der Waals surface area contributed by atoms with Gasteiger partial charge in [0.05, 0.1) is 7.11 Å². The van der Waals surface area contributed by atoms with Gasteiger partial charge in [-0.05, 0) is 12.1 Å². The molecule has 0 aliphatic carbocycles. The average Bonchev–Trinajstić information content (AvgIpc) is 2.42. The van der Waals surface area contributed by atoms with E-state index in [0.29, 0.717) is 6.08 Å². The van der Waals surface area contributed by atoms with Gasteiger partial charge < -0.3 is 14.9 Å². The lowest BCUT2D eigenvalue weighted by atomic mass is 10.2. The molecule has 0 atom stereocenters. The van der Waals surface area contributed by atoms with E-state index in [4.69, 9.17) is 9.84 Å². The number of carbonyl (C=O) groups excluding carboxylic acids is 2. The molecule has 0 aliphatic heterocycles. The van der Waals surface area contributed by atoms with Crippen molar-refractivity contribution in [3.05, 3.63) is 35.9 Å². The zero-order valence-corrected chi connectivity index (χ0v) is 10.4. The Bertz CT molecular complexity index is 567. The van der Waals surface area contributed by atoms with Gasteiger partial charge in [-0.15, -0.1) is 0 Å². The van der Waals surface area contributed by atoms with Gasteiger partial charge in [0.25, 0.3) is 11.8 Å². The Morgan fingerprint density at radius 2 is 1.95 bits per heavy atom. The molecule has 0 saturated heterocycles. The molecule has 0 heterocycles. The minimum Gasteiger partial charge on any atom is -0.870 e. The summed E-state index contributed by atoms with van der Waals surface area (Å²) in [4.78, 5) is 32.9. The third-order valence-electron chi connectivity index (χ3n) is 2.10. The van der Waals surface area contributed by atoms with E-state index in [2.05, 4.69) is 5.43 Å². The SMILES string of the molecule is COc1cc(C(=O)NNC(=O)C=CC(=O)O)ccc1[O-]. The number of nitrogens with one attached hydrogen (secondary N) is 2. The van der Waals surface area contributed by atoms with Crippen molar-refractivity contribution in [1.29, 1.82) is 0 Å². The van der Waals surface area contributed by atoms with Gasteiger partial charge in [0.1, 0.15) is 5.75 Å². The molecule has 1 aromatic rings. The number of aliphatic carboxylic acids is 1. The number of ether oxygens (including phenoxy) is 1. The van der Waals surface area contributed by atoms with Crippen molar-refractivity contribution in [3.63, 3.8) is 0 Å². The van der Waals surface area contributed by atoms with Crippen LogP contribution in [0.3, 0.4) is 0 Å². The number of methoxy groups -OCH3 is 1. The topological polar surface area (TPSA) is 128 Å². The number of hydrazine groups is 1. The van der Waals surface area contributed by atoms with Gasteiger partial charge in [-0.3, -0.25) is 20.4 Å². The molecule has 1 aromatic carbocycles. The van der Waals surface area contributed by atoms with Crippen molar-refractivity contribution in [2.45, 2.75) is 0 Å². The molecule has 0 aliphatic rings. The second-order valence-corrected chi connectivity index (χ2v) is 3.48. The van der Waals surface area contributed by atoms with Crippen LogP contribution in [-0.2, 0) is 9.59 Å². The summed E-state index contributed by atoms with van der Waals surface area (Å²) in [7, 11) is 1.29. The number of amides is 2. The second-order valence-electron chi connectivity index (χ2n) is 3.48. The summed E-state index contributed by atoms with van der Waals surface area (Å²) >= 11 is 0. The molecule has 8 heteroatoms. The van der Waals surface area contributed by atoms with E-state index in [9.17, 15) is 19.5 Å². The fourth-order valence-corrected chi connectivity index (χ4v) is 1.19. The van der Waals surface area contributed by atoms with Gasteiger partial charge in [0, 0.05) is 17.7 Å². The normalized spacial score (nSPS) is 10.1. The van der Waals surface area contributed by atoms with E-state index in [1.807, 2.05) is 5.43 Å². The number of carboxylic acid groups (broad SMARTS) is 1. The first-order valence-corrected chi connectivity index (χ1v) is 5.30. The summed E-state index contributed by atoms with van der Waals surface area (Å²) in [6.07, 6.45) is 1.36. The molecule has 20 heavy (non-hydrogen) atoms. The molecule has 1 rings (SSSR count). The van der Waals surface area contributed by atoms with Crippen LogP contribution in [0, 0.1) is 0 Å². The van der Waals surface area contributed by atoms with Crippen LogP contribution in [0.1, 0.15) is 10.4 Å². The average molecular weight is 279 g/mol. The number of carboxylic acids is 1. The molecule has 2 amide bonds. The first kappa shape index (κ1) is 15.0. The molecular formula is C12H11N2O6-. The van der Waals surface area contributed by atoms with Crippen LogP contribution >= 0.6 is 0 Å². The Balaban J connectivity index is 2.63. The molecule has 0 saturated carbocycles. The molecule has 0 fully saturated rings. The van der Waals surface area contributed by atoms with Crippen molar-refractivity contribution < 1.29 is 29.3 Å². The third-order valence-corrected chi connectivity index (χ3v) is 2.10. The van der Waals surface area contributed by atoms with Gasteiger partial charge in [-0.2, -0.15) is 0 Å². The highest BCUT2D eigenvalue weighted by Gasteiger charge is 2.07. The molecular weight excluding hydrogens is 268 g/mol. The predicted octanol–water partition coefficient (Wildman–Crippen LogP) is -0.829. The van der Waals surface area contributed by atoms with Gasteiger partial charge in [-0.25, -0.2) is 4.79 Å². The van der Waals surface area contributed by atoms with Crippen LogP contribution in [-0.4, -0.2) is 30.0 Å². The Hall–Kier alpha value is -3.03. The zero-order valence-electron chi connectivity index (χ0n) is 10.4. The van der Waals surface area contributed by atoms with Gasteiger partial charge >= 0.3 is 5.97 Å². The van der Waals surface area contributed by atoms with Crippen LogP contribution in [0.5, 0.6) is 11.5 Å². The van der Waals surface area contributed by atoms with Gasteiger partial charge in [0.2, 0.25) is 0 Å². The molecule has 0 unspecified atom stereocenters.